The Balaban J connectivity index is 2.12. The molecule has 0 spiro atoms. The van der Waals surface area contributed by atoms with Crippen LogP contribution < -0.4 is 15.5 Å². The minimum atomic E-state index is -0.302. The SMILES string of the molecule is CC[NH+](CC)Cc1ccccc1CNC(=O)/C(=C/c1ccccc1)NC(C)=O. The molecule has 0 aliphatic heterocycles. The molecule has 3 N–H and O–H groups in total. The van der Waals surface area contributed by atoms with Crippen molar-refractivity contribution in [2.45, 2.75) is 33.9 Å². The van der Waals surface area contributed by atoms with Crippen LogP contribution in [0.15, 0.2) is 60.3 Å². The fraction of sp³-hybridized carbons (Fsp3) is 0.304. The van der Waals surface area contributed by atoms with Gasteiger partial charge in [0.1, 0.15) is 12.2 Å². The van der Waals surface area contributed by atoms with Gasteiger partial charge in [-0.25, -0.2) is 0 Å². The number of rotatable bonds is 9. The largest absolute Gasteiger partial charge is 0.347 e. The summed E-state index contributed by atoms with van der Waals surface area (Å²) in [6, 6.07) is 17.6. The van der Waals surface area contributed by atoms with Crippen molar-refractivity contribution in [2.75, 3.05) is 13.1 Å². The highest BCUT2D eigenvalue weighted by atomic mass is 16.2. The van der Waals surface area contributed by atoms with Gasteiger partial charge in [0.25, 0.3) is 5.91 Å². The lowest BCUT2D eigenvalue weighted by Crippen LogP contribution is -3.10. The van der Waals surface area contributed by atoms with Crippen LogP contribution in [0.5, 0.6) is 0 Å². The van der Waals surface area contributed by atoms with Gasteiger partial charge in [-0.1, -0.05) is 54.6 Å². The lowest BCUT2D eigenvalue weighted by Gasteiger charge is -2.18. The van der Waals surface area contributed by atoms with Crippen molar-refractivity contribution in [3.05, 3.63) is 77.0 Å². The number of nitrogens with one attached hydrogen (secondary N) is 3. The summed E-state index contributed by atoms with van der Waals surface area (Å²) in [7, 11) is 0. The van der Waals surface area contributed by atoms with E-state index in [9.17, 15) is 9.59 Å². The number of quaternary nitrogens is 1. The molecule has 0 radical (unpaired) electrons. The number of hydrogen-bond acceptors (Lipinski definition) is 2. The number of benzene rings is 2. The summed E-state index contributed by atoms with van der Waals surface area (Å²) in [6.45, 7) is 9.22. The summed E-state index contributed by atoms with van der Waals surface area (Å²) in [6.07, 6.45) is 1.68. The predicted octanol–water partition coefficient (Wildman–Crippen LogP) is 1.90. The van der Waals surface area contributed by atoms with Gasteiger partial charge in [0.2, 0.25) is 5.91 Å². The van der Waals surface area contributed by atoms with E-state index in [4.69, 9.17) is 0 Å². The Bertz CT molecular complexity index is 812. The Morgan fingerprint density at radius 2 is 1.54 bits per heavy atom. The molecule has 0 aliphatic carbocycles. The fourth-order valence-corrected chi connectivity index (χ4v) is 3.01. The van der Waals surface area contributed by atoms with Gasteiger partial charge >= 0.3 is 0 Å². The van der Waals surface area contributed by atoms with Gasteiger partial charge in [-0.3, -0.25) is 9.59 Å². The van der Waals surface area contributed by atoms with Crippen molar-refractivity contribution in [1.82, 2.24) is 10.6 Å². The maximum absolute atomic E-state index is 12.7. The average molecular weight is 381 g/mol. The maximum Gasteiger partial charge on any atom is 0.268 e. The van der Waals surface area contributed by atoms with Crippen molar-refractivity contribution >= 4 is 17.9 Å². The molecule has 0 unspecified atom stereocenters. The van der Waals surface area contributed by atoms with Crippen LogP contribution in [0.3, 0.4) is 0 Å². The van der Waals surface area contributed by atoms with Gasteiger partial charge < -0.3 is 15.5 Å². The van der Waals surface area contributed by atoms with E-state index in [2.05, 4.69) is 30.5 Å². The van der Waals surface area contributed by atoms with E-state index in [1.54, 1.807) is 6.08 Å². The molecule has 2 amide bonds. The summed E-state index contributed by atoms with van der Waals surface area (Å²) >= 11 is 0. The number of hydrogen-bond donors (Lipinski definition) is 3. The molecule has 28 heavy (non-hydrogen) atoms. The summed E-state index contributed by atoms with van der Waals surface area (Å²) in [5.74, 6) is -0.577. The Morgan fingerprint density at radius 1 is 0.929 bits per heavy atom. The first-order valence-corrected chi connectivity index (χ1v) is 9.76. The predicted molar refractivity (Wildman–Crippen MR) is 112 cm³/mol. The van der Waals surface area contributed by atoms with Crippen molar-refractivity contribution in [3.8, 4) is 0 Å². The molecule has 2 rings (SSSR count). The van der Waals surface area contributed by atoms with E-state index in [0.29, 0.717) is 6.54 Å². The minimum absolute atomic E-state index is 0.241. The smallest absolute Gasteiger partial charge is 0.268 e. The van der Waals surface area contributed by atoms with Gasteiger partial charge in [-0.05, 0) is 31.1 Å². The Hall–Kier alpha value is -2.92. The lowest BCUT2D eigenvalue weighted by molar-refractivity contribution is -0.910. The zero-order valence-corrected chi connectivity index (χ0v) is 16.9. The summed E-state index contributed by atoms with van der Waals surface area (Å²) in [5.41, 5.74) is 3.42. The minimum Gasteiger partial charge on any atom is -0.347 e. The molecule has 0 saturated carbocycles. The van der Waals surface area contributed by atoms with E-state index in [-0.39, 0.29) is 17.5 Å². The normalized spacial score (nSPS) is 11.4. The van der Waals surface area contributed by atoms with Gasteiger partial charge in [-0.15, -0.1) is 0 Å². The third-order valence-corrected chi connectivity index (χ3v) is 4.66. The van der Waals surface area contributed by atoms with Crippen LogP contribution in [0.1, 0.15) is 37.5 Å². The van der Waals surface area contributed by atoms with Crippen LogP contribution in [0.2, 0.25) is 0 Å². The van der Waals surface area contributed by atoms with Crippen LogP contribution >= 0.6 is 0 Å². The molecule has 2 aromatic rings. The molecule has 0 bridgehead atoms. The van der Waals surface area contributed by atoms with Gasteiger partial charge in [0, 0.05) is 19.0 Å². The number of carbonyl (C=O) groups is 2. The molecule has 148 valence electrons. The van der Waals surface area contributed by atoms with E-state index in [1.807, 2.05) is 48.5 Å². The van der Waals surface area contributed by atoms with Crippen molar-refractivity contribution < 1.29 is 14.5 Å². The van der Waals surface area contributed by atoms with E-state index < -0.39 is 0 Å². The van der Waals surface area contributed by atoms with Crippen molar-refractivity contribution in [3.63, 3.8) is 0 Å². The molecular weight excluding hydrogens is 350 g/mol. The Morgan fingerprint density at radius 3 is 2.14 bits per heavy atom. The molecule has 0 heterocycles. The van der Waals surface area contributed by atoms with Gasteiger partial charge in [-0.2, -0.15) is 0 Å². The third kappa shape index (κ3) is 6.67. The standard InChI is InChI=1S/C23H29N3O2/c1-4-26(5-2)17-21-14-10-9-13-20(21)16-24-23(28)22(25-18(3)27)15-19-11-7-6-8-12-19/h6-15H,4-5,16-17H2,1-3H3,(H,24,28)(H,25,27)/p+1/b22-15-. The topological polar surface area (TPSA) is 62.6 Å². The number of amides is 2. The monoisotopic (exact) mass is 380 g/mol. The molecule has 5 nitrogen and oxygen atoms in total. The molecule has 5 heteroatoms. The molecule has 0 saturated heterocycles. The van der Waals surface area contributed by atoms with Crippen LogP contribution in [0.4, 0.5) is 0 Å². The van der Waals surface area contributed by atoms with E-state index in [0.717, 1.165) is 30.8 Å². The quantitative estimate of drug-likeness (QED) is 0.582. The Kier molecular flexibility index (Phi) is 8.43. The third-order valence-electron chi connectivity index (χ3n) is 4.66. The fourth-order valence-electron chi connectivity index (χ4n) is 3.01. The highest BCUT2D eigenvalue weighted by Crippen LogP contribution is 2.09. The molecular formula is C23H30N3O2+. The summed E-state index contributed by atoms with van der Waals surface area (Å²) < 4.78 is 0. The van der Waals surface area contributed by atoms with Gasteiger partial charge in [0.15, 0.2) is 0 Å². The zero-order chi connectivity index (χ0) is 20.4. The van der Waals surface area contributed by atoms with Crippen LogP contribution in [-0.2, 0) is 22.7 Å². The molecule has 0 aliphatic rings. The highest BCUT2D eigenvalue weighted by Gasteiger charge is 2.13. The molecule has 0 aromatic heterocycles. The maximum atomic E-state index is 12.7. The first-order chi connectivity index (χ1) is 13.5. The first-order valence-electron chi connectivity index (χ1n) is 9.76. The van der Waals surface area contributed by atoms with Gasteiger partial charge in [0.05, 0.1) is 13.1 Å². The second-order valence-corrected chi connectivity index (χ2v) is 6.74. The highest BCUT2D eigenvalue weighted by molar-refractivity contribution is 6.00. The number of carbonyl (C=O) groups excluding carboxylic acids is 2. The summed E-state index contributed by atoms with van der Waals surface area (Å²) in [5, 5.41) is 5.58. The second kappa shape index (κ2) is 11.0. The van der Waals surface area contributed by atoms with Crippen LogP contribution in [-0.4, -0.2) is 24.9 Å². The van der Waals surface area contributed by atoms with Crippen LogP contribution in [0.25, 0.3) is 6.08 Å². The molecule has 0 fully saturated rings. The van der Waals surface area contributed by atoms with Crippen molar-refractivity contribution in [1.29, 1.82) is 0 Å². The Labute approximate surface area is 167 Å². The first kappa shape index (κ1) is 21.4. The molecule has 2 aromatic carbocycles. The second-order valence-electron chi connectivity index (χ2n) is 6.74. The summed E-state index contributed by atoms with van der Waals surface area (Å²) in [4.78, 5) is 25.7. The lowest BCUT2D eigenvalue weighted by atomic mass is 10.1. The van der Waals surface area contributed by atoms with E-state index >= 15 is 0 Å². The van der Waals surface area contributed by atoms with Crippen LogP contribution in [0, 0.1) is 0 Å². The zero-order valence-electron chi connectivity index (χ0n) is 16.9. The average Bonchev–Trinajstić information content (AvgIpc) is 2.71. The van der Waals surface area contributed by atoms with Crippen molar-refractivity contribution in [2.24, 2.45) is 0 Å². The van der Waals surface area contributed by atoms with E-state index in [1.165, 1.54) is 17.4 Å². The molecule has 0 atom stereocenters.